The van der Waals surface area contributed by atoms with E-state index in [2.05, 4.69) is 25.9 Å². The maximum absolute atomic E-state index is 13.1. The summed E-state index contributed by atoms with van der Waals surface area (Å²) in [5.74, 6) is -1.52. The standard InChI is InChI=1S/C21H19ClFN5O3/c1-3-16-27-17(20(30)24-2)18(28-16)21(31)26-13-7-5-12(6-8-13)25-19(29)14-9-4-11(23)10-15(14)22/h4-10H,3H2,1-2H3,(H,24,30)(H,25,29)(H,26,31)(H,27,28). The zero-order valence-electron chi connectivity index (χ0n) is 16.7. The molecule has 0 radical (unpaired) electrons. The first-order valence-corrected chi connectivity index (χ1v) is 9.69. The molecular formula is C21H19ClFN5O3. The van der Waals surface area contributed by atoms with Gasteiger partial charge in [0.15, 0.2) is 5.69 Å². The SMILES string of the molecule is CCc1nc(C(=O)Nc2ccc(NC(=O)c3ccc(F)cc3Cl)cc2)c(C(=O)NC)[nH]1. The summed E-state index contributed by atoms with van der Waals surface area (Å²) in [6.07, 6.45) is 0.531. The number of carbonyl (C=O) groups is 3. The fraction of sp³-hybridized carbons (Fsp3) is 0.143. The third kappa shape index (κ3) is 5.07. The molecule has 0 saturated heterocycles. The van der Waals surface area contributed by atoms with E-state index >= 15 is 0 Å². The van der Waals surface area contributed by atoms with E-state index in [1.54, 1.807) is 24.3 Å². The third-order valence-corrected chi connectivity index (χ3v) is 4.65. The van der Waals surface area contributed by atoms with E-state index in [1.807, 2.05) is 6.92 Å². The summed E-state index contributed by atoms with van der Waals surface area (Å²) < 4.78 is 13.1. The highest BCUT2D eigenvalue weighted by Gasteiger charge is 2.22. The minimum atomic E-state index is -0.551. The molecule has 4 N–H and O–H groups in total. The van der Waals surface area contributed by atoms with E-state index in [9.17, 15) is 18.8 Å². The summed E-state index contributed by atoms with van der Waals surface area (Å²) in [6, 6.07) is 9.80. The van der Waals surface area contributed by atoms with Crippen molar-refractivity contribution in [3.63, 3.8) is 0 Å². The van der Waals surface area contributed by atoms with Gasteiger partial charge in [0.25, 0.3) is 17.7 Å². The zero-order chi connectivity index (χ0) is 22.5. The Morgan fingerprint density at radius 2 is 1.61 bits per heavy atom. The summed E-state index contributed by atoms with van der Waals surface area (Å²) >= 11 is 5.90. The first-order chi connectivity index (χ1) is 14.8. The number of nitrogens with one attached hydrogen (secondary N) is 4. The van der Waals surface area contributed by atoms with Crippen LogP contribution in [0.4, 0.5) is 15.8 Å². The summed E-state index contributed by atoms with van der Waals surface area (Å²) in [4.78, 5) is 43.9. The number of hydrogen-bond acceptors (Lipinski definition) is 4. The van der Waals surface area contributed by atoms with Crippen LogP contribution in [0.3, 0.4) is 0 Å². The van der Waals surface area contributed by atoms with E-state index < -0.39 is 23.5 Å². The quantitative estimate of drug-likeness (QED) is 0.465. The zero-order valence-corrected chi connectivity index (χ0v) is 17.4. The topological polar surface area (TPSA) is 116 Å². The lowest BCUT2D eigenvalue weighted by molar-refractivity contribution is 0.0943. The molecule has 0 bridgehead atoms. The Morgan fingerprint density at radius 3 is 2.16 bits per heavy atom. The second-order valence-electron chi connectivity index (χ2n) is 6.45. The molecule has 1 heterocycles. The van der Waals surface area contributed by atoms with Gasteiger partial charge in [-0.05, 0) is 42.5 Å². The lowest BCUT2D eigenvalue weighted by Crippen LogP contribution is -2.23. The molecule has 2 aromatic carbocycles. The second-order valence-corrected chi connectivity index (χ2v) is 6.86. The Kier molecular flexibility index (Phi) is 6.66. The van der Waals surface area contributed by atoms with Gasteiger partial charge in [0.05, 0.1) is 10.6 Å². The number of aromatic amines is 1. The molecule has 0 spiro atoms. The van der Waals surface area contributed by atoms with Crippen molar-refractivity contribution in [3.05, 3.63) is 76.1 Å². The molecule has 0 unspecified atom stereocenters. The number of imidazole rings is 1. The molecule has 1 aromatic heterocycles. The van der Waals surface area contributed by atoms with Crippen LogP contribution in [0.2, 0.25) is 5.02 Å². The van der Waals surface area contributed by atoms with Crippen LogP contribution in [-0.4, -0.2) is 34.7 Å². The van der Waals surface area contributed by atoms with Crippen molar-refractivity contribution in [1.29, 1.82) is 0 Å². The first-order valence-electron chi connectivity index (χ1n) is 9.31. The Morgan fingerprint density at radius 1 is 1.00 bits per heavy atom. The van der Waals surface area contributed by atoms with Crippen molar-refractivity contribution in [3.8, 4) is 0 Å². The van der Waals surface area contributed by atoms with E-state index in [1.165, 1.54) is 13.1 Å². The monoisotopic (exact) mass is 443 g/mol. The molecular weight excluding hydrogens is 425 g/mol. The fourth-order valence-electron chi connectivity index (χ4n) is 2.74. The second kappa shape index (κ2) is 9.40. The molecule has 160 valence electrons. The molecule has 3 amide bonds. The molecule has 31 heavy (non-hydrogen) atoms. The number of anilines is 2. The number of aryl methyl sites for hydroxylation is 1. The van der Waals surface area contributed by atoms with E-state index in [-0.39, 0.29) is 22.0 Å². The number of aromatic nitrogens is 2. The minimum Gasteiger partial charge on any atom is -0.354 e. The maximum atomic E-state index is 13.1. The van der Waals surface area contributed by atoms with Gasteiger partial charge in [0.1, 0.15) is 17.3 Å². The van der Waals surface area contributed by atoms with Gasteiger partial charge in [-0.1, -0.05) is 18.5 Å². The van der Waals surface area contributed by atoms with E-state index in [4.69, 9.17) is 11.6 Å². The van der Waals surface area contributed by atoms with Crippen LogP contribution in [0.25, 0.3) is 0 Å². The number of amides is 3. The molecule has 0 aliphatic carbocycles. The summed E-state index contributed by atoms with van der Waals surface area (Å²) in [5.41, 5.74) is 1.08. The number of halogens is 2. The fourth-order valence-corrected chi connectivity index (χ4v) is 3.00. The number of rotatable bonds is 6. The molecule has 10 heteroatoms. The number of hydrogen-bond donors (Lipinski definition) is 4. The Bertz CT molecular complexity index is 1140. The molecule has 8 nitrogen and oxygen atoms in total. The van der Waals surface area contributed by atoms with E-state index in [0.717, 1.165) is 12.1 Å². The van der Waals surface area contributed by atoms with Gasteiger partial charge in [-0.3, -0.25) is 14.4 Å². The summed E-state index contributed by atoms with van der Waals surface area (Å²) in [7, 11) is 1.46. The number of H-pyrrole nitrogens is 1. The van der Waals surface area contributed by atoms with Crippen molar-refractivity contribution in [1.82, 2.24) is 15.3 Å². The minimum absolute atomic E-state index is 0.00115. The van der Waals surface area contributed by atoms with Gasteiger partial charge >= 0.3 is 0 Å². The van der Waals surface area contributed by atoms with Crippen molar-refractivity contribution >= 4 is 40.7 Å². The molecule has 0 aliphatic rings. The molecule has 0 fully saturated rings. The lowest BCUT2D eigenvalue weighted by atomic mass is 10.2. The Hall–Kier alpha value is -3.72. The van der Waals surface area contributed by atoms with Gasteiger partial charge < -0.3 is 20.9 Å². The third-order valence-electron chi connectivity index (χ3n) is 4.33. The van der Waals surface area contributed by atoms with Crippen LogP contribution >= 0.6 is 11.6 Å². The predicted octanol–water partition coefficient (Wildman–Crippen LogP) is 3.63. The molecule has 3 rings (SSSR count). The normalized spacial score (nSPS) is 10.5. The van der Waals surface area contributed by atoms with Crippen molar-refractivity contribution in [2.45, 2.75) is 13.3 Å². The van der Waals surface area contributed by atoms with Crippen LogP contribution < -0.4 is 16.0 Å². The number of nitrogens with zero attached hydrogens (tertiary/aromatic N) is 1. The highest BCUT2D eigenvalue weighted by molar-refractivity contribution is 6.34. The van der Waals surface area contributed by atoms with Crippen LogP contribution in [-0.2, 0) is 6.42 Å². The highest BCUT2D eigenvalue weighted by Crippen LogP contribution is 2.20. The van der Waals surface area contributed by atoms with Crippen LogP contribution in [0.5, 0.6) is 0 Å². The summed E-state index contributed by atoms with van der Waals surface area (Å²) in [6.45, 7) is 1.85. The average Bonchev–Trinajstić information content (AvgIpc) is 3.19. The largest absolute Gasteiger partial charge is 0.354 e. The number of benzene rings is 2. The Labute approximate surface area is 182 Å². The smallest absolute Gasteiger partial charge is 0.276 e. The van der Waals surface area contributed by atoms with Crippen LogP contribution in [0.1, 0.15) is 44.1 Å². The highest BCUT2D eigenvalue weighted by atomic mass is 35.5. The molecule has 0 saturated carbocycles. The van der Waals surface area contributed by atoms with E-state index in [0.29, 0.717) is 23.6 Å². The van der Waals surface area contributed by atoms with Crippen molar-refractivity contribution < 1.29 is 18.8 Å². The molecule has 0 atom stereocenters. The van der Waals surface area contributed by atoms with Gasteiger partial charge in [-0.2, -0.15) is 0 Å². The lowest BCUT2D eigenvalue weighted by Gasteiger charge is -2.09. The van der Waals surface area contributed by atoms with Crippen LogP contribution in [0, 0.1) is 5.82 Å². The van der Waals surface area contributed by atoms with Gasteiger partial charge in [0.2, 0.25) is 0 Å². The van der Waals surface area contributed by atoms with Crippen molar-refractivity contribution in [2.75, 3.05) is 17.7 Å². The van der Waals surface area contributed by atoms with Gasteiger partial charge in [0, 0.05) is 24.8 Å². The summed E-state index contributed by atoms with van der Waals surface area (Å²) in [5, 5.41) is 7.77. The molecule has 3 aromatic rings. The average molecular weight is 444 g/mol. The predicted molar refractivity (Wildman–Crippen MR) is 115 cm³/mol. The first kappa shape index (κ1) is 22.0. The van der Waals surface area contributed by atoms with Gasteiger partial charge in [-0.15, -0.1) is 0 Å². The Balaban J connectivity index is 1.71. The maximum Gasteiger partial charge on any atom is 0.276 e. The molecule has 0 aliphatic heterocycles. The van der Waals surface area contributed by atoms with Gasteiger partial charge in [-0.25, -0.2) is 9.37 Å². The van der Waals surface area contributed by atoms with Crippen LogP contribution in [0.15, 0.2) is 42.5 Å². The number of carbonyl (C=O) groups excluding carboxylic acids is 3. The van der Waals surface area contributed by atoms with Crippen molar-refractivity contribution in [2.24, 2.45) is 0 Å².